The van der Waals surface area contributed by atoms with Crippen molar-refractivity contribution in [2.24, 2.45) is 5.92 Å². The van der Waals surface area contributed by atoms with Crippen LogP contribution in [0.15, 0.2) is 61.2 Å². The molecule has 0 N–H and O–H groups in total. The van der Waals surface area contributed by atoms with Crippen LogP contribution in [0.25, 0.3) is 16.7 Å². The van der Waals surface area contributed by atoms with Crippen LogP contribution >= 0.6 is 0 Å². The van der Waals surface area contributed by atoms with Crippen LogP contribution in [0.3, 0.4) is 0 Å². The van der Waals surface area contributed by atoms with Gasteiger partial charge in [-0.25, -0.2) is 0 Å². The van der Waals surface area contributed by atoms with Crippen molar-refractivity contribution in [1.82, 2.24) is 0 Å². The van der Waals surface area contributed by atoms with Gasteiger partial charge in [-0.2, -0.15) is 0 Å². The van der Waals surface area contributed by atoms with Crippen molar-refractivity contribution in [3.8, 4) is 11.1 Å². The van der Waals surface area contributed by atoms with Crippen molar-refractivity contribution in [2.75, 3.05) is 0 Å². The first-order valence-electron chi connectivity index (χ1n) is 12.4. The molecular weight excluding hydrogens is 384 g/mol. The summed E-state index contributed by atoms with van der Waals surface area (Å²) in [5, 5.41) is 0. The third-order valence-corrected chi connectivity index (χ3v) is 7.37. The predicted molar refractivity (Wildman–Crippen MR) is 140 cm³/mol. The lowest BCUT2D eigenvalue weighted by atomic mass is 9.84. The molecule has 0 saturated heterocycles. The zero-order valence-corrected chi connectivity index (χ0v) is 20.4. The van der Waals surface area contributed by atoms with Gasteiger partial charge in [0.2, 0.25) is 0 Å². The molecule has 3 aromatic rings. The van der Waals surface area contributed by atoms with Crippen LogP contribution in [0.5, 0.6) is 0 Å². The van der Waals surface area contributed by atoms with Gasteiger partial charge < -0.3 is 0 Å². The van der Waals surface area contributed by atoms with Gasteiger partial charge in [-0.3, -0.25) is 0 Å². The molecule has 1 fully saturated rings. The zero-order chi connectivity index (χ0) is 22.7. The quantitative estimate of drug-likeness (QED) is 0.372. The van der Waals surface area contributed by atoms with Crippen molar-refractivity contribution >= 4 is 5.57 Å². The highest BCUT2D eigenvalue weighted by atomic mass is 14.2. The third kappa shape index (κ3) is 5.23. The average molecular weight is 423 g/mol. The topological polar surface area (TPSA) is 0 Å². The summed E-state index contributed by atoms with van der Waals surface area (Å²) in [6.07, 6.45) is 9.36. The molecular formula is C32H38. The van der Waals surface area contributed by atoms with Crippen LogP contribution in [0.1, 0.15) is 78.0 Å². The number of allylic oxidation sites excluding steroid dienone is 1. The monoisotopic (exact) mass is 422 g/mol. The molecule has 0 heteroatoms. The van der Waals surface area contributed by atoms with Crippen molar-refractivity contribution in [1.29, 1.82) is 0 Å². The maximum absolute atomic E-state index is 4.14. The van der Waals surface area contributed by atoms with Gasteiger partial charge in [0.1, 0.15) is 0 Å². The van der Waals surface area contributed by atoms with E-state index < -0.39 is 0 Å². The molecule has 0 heterocycles. The molecule has 0 atom stereocenters. The Bertz CT molecular complexity index is 1110. The molecule has 0 aromatic heterocycles. The molecule has 32 heavy (non-hydrogen) atoms. The minimum Gasteiger partial charge on any atom is -0.0955 e. The van der Waals surface area contributed by atoms with E-state index in [2.05, 4.69) is 88.9 Å². The average Bonchev–Trinajstić information content (AvgIpc) is 2.78. The number of rotatable bonds is 6. The van der Waals surface area contributed by atoms with E-state index in [0.717, 1.165) is 17.9 Å². The minimum absolute atomic E-state index is 0.895. The van der Waals surface area contributed by atoms with Gasteiger partial charge in [0.15, 0.2) is 0 Å². The van der Waals surface area contributed by atoms with Crippen LogP contribution < -0.4 is 0 Å². The van der Waals surface area contributed by atoms with E-state index in [-0.39, 0.29) is 0 Å². The van der Waals surface area contributed by atoms with Crippen LogP contribution in [0.4, 0.5) is 0 Å². The van der Waals surface area contributed by atoms with E-state index in [4.69, 9.17) is 0 Å². The zero-order valence-electron chi connectivity index (χ0n) is 20.4. The van der Waals surface area contributed by atoms with E-state index >= 15 is 0 Å². The fraction of sp³-hybridized carbons (Fsp3) is 0.375. The highest BCUT2D eigenvalue weighted by Crippen LogP contribution is 2.32. The number of benzene rings is 3. The highest BCUT2D eigenvalue weighted by molar-refractivity contribution is 5.76. The van der Waals surface area contributed by atoms with E-state index in [1.807, 2.05) is 0 Å². The maximum Gasteiger partial charge on any atom is -0.00229 e. The SMILES string of the molecule is C=C(C)c1ccc(C)c(-c2cc(Cc3ccc(CC4CCCCC4)cc3C)ccc2C)c1. The number of hydrogen-bond acceptors (Lipinski definition) is 0. The van der Waals surface area contributed by atoms with Crippen LogP contribution in [-0.2, 0) is 12.8 Å². The van der Waals surface area contributed by atoms with Gasteiger partial charge >= 0.3 is 0 Å². The Hall–Kier alpha value is -2.60. The Labute approximate surface area is 195 Å². The lowest BCUT2D eigenvalue weighted by Gasteiger charge is -2.22. The molecule has 0 amide bonds. The normalized spacial score (nSPS) is 14.5. The molecule has 1 aliphatic carbocycles. The van der Waals surface area contributed by atoms with Crippen molar-refractivity contribution in [3.05, 3.63) is 100 Å². The lowest BCUT2D eigenvalue weighted by molar-refractivity contribution is 0.356. The van der Waals surface area contributed by atoms with E-state index in [9.17, 15) is 0 Å². The second-order valence-electron chi connectivity index (χ2n) is 10.1. The molecule has 0 nitrogen and oxygen atoms in total. The fourth-order valence-electron chi connectivity index (χ4n) is 5.27. The smallest absolute Gasteiger partial charge is 0.00229 e. The van der Waals surface area contributed by atoms with Crippen molar-refractivity contribution in [3.63, 3.8) is 0 Å². The molecule has 0 aliphatic heterocycles. The first-order chi connectivity index (χ1) is 15.4. The molecule has 0 radical (unpaired) electrons. The Morgan fingerprint density at radius 3 is 2.09 bits per heavy atom. The van der Waals surface area contributed by atoms with Gasteiger partial charge in [-0.05, 0) is 103 Å². The predicted octanol–water partition coefficient (Wildman–Crippen LogP) is 9.03. The molecule has 1 saturated carbocycles. The van der Waals surface area contributed by atoms with Crippen molar-refractivity contribution in [2.45, 2.75) is 72.6 Å². The Kier molecular flexibility index (Phi) is 6.99. The van der Waals surface area contributed by atoms with E-state index in [0.29, 0.717) is 0 Å². The van der Waals surface area contributed by atoms with Crippen LogP contribution in [-0.4, -0.2) is 0 Å². The molecule has 3 aromatic carbocycles. The Balaban J connectivity index is 1.57. The first kappa shape index (κ1) is 22.6. The molecule has 0 bridgehead atoms. The third-order valence-electron chi connectivity index (χ3n) is 7.37. The molecule has 1 aliphatic rings. The molecule has 4 rings (SSSR count). The van der Waals surface area contributed by atoms with Gasteiger partial charge in [-0.15, -0.1) is 0 Å². The summed E-state index contributed by atoms with van der Waals surface area (Å²) in [4.78, 5) is 0. The van der Waals surface area contributed by atoms with E-state index in [1.165, 1.54) is 88.6 Å². The van der Waals surface area contributed by atoms with E-state index in [1.54, 1.807) is 0 Å². The highest BCUT2D eigenvalue weighted by Gasteiger charge is 2.15. The number of aryl methyl sites for hydroxylation is 3. The Morgan fingerprint density at radius 2 is 1.41 bits per heavy atom. The van der Waals surface area contributed by atoms with Crippen LogP contribution in [0.2, 0.25) is 0 Å². The number of hydrogen-bond donors (Lipinski definition) is 0. The molecule has 166 valence electrons. The largest absolute Gasteiger partial charge is 0.0955 e. The summed E-state index contributed by atoms with van der Waals surface area (Å²) in [6.45, 7) is 12.9. The van der Waals surface area contributed by atoms with Gasteiger partial charge in [0, 0.05) is 0 Å². The first-order valence-corrected chi connectivity index (χ1v) is 12.4. The van der Waals surface area contributed by atoms with Crippen LogP contribution in [0, 0.1) is 26.7 Å². The second kappa shape index (κ2) is 9.90. The fourth-order valence-corrected chi connectivity index (χ4v) is 5.27. The summed E-state index contributed by atoms with van der Waals surface area (Å²) in [5.41, 5.74) is 13.4. The molecule has 0 spiro atoms. The molecule has 0 unspecified atom stereocenters. The lowest BCUT2D eigenvalue weighted by Crippen LogP contribution is -2.09. The summed E-state index contributed by atoms with van der Waals surface area (Å²) in [6, 6.07) is 20.9. The summed E-state index contributed by atoms with van der Waals surface area (Å²) < 4.78 is 0. The van der Waals surface area contributed by atoms with Gasteiger partial charge in [0.25, 0.3) is 0 Å². The minimum atomic E-state index is 0.895. The van der Waals surface area contributed by atoms with Gasteiger partial charge in [-0.1, -0.05) is 92.8 Å². The standard InChI is InChI=1S/C32H38/c1-22(2)29-15-12-24(4)32(21-29)31-20-28(13-11-23(31)3)19-30-16-14-27(17-25(30)5)18-26-9-7-6-8-10-26/h11-17,20-21,26H,1,6-10,18-19H2,2-5H3. The maximum atomic E-state index is 4.14. The Morgan fingerprint density at radius 1 is 0.750 bits per heavy atom. The summed E-state index contributed by atoms with van der Waals surface area (Å²) in [7, 11) is 0. The summed E-state index contributed by atoms with van der Waals surface area (Å²) >= 11 is 0. The second-order valence-corrected chi connectivity index (χ2v) is 10.1. The van der Waals surface area contributed by atoms with Crippen molar-refractivity contribution < 1.29 is 0 Å². The summed E-state index contributed by atoms with van der Waals surface area (Å²) in [5.74, 6) is 0.895. The van der Waals surface area contributed by atoms with Gasteiger partial charge in [0.05, 0.1) is 0 Å².